The van der Waals surface area contributed by atoms with Crippen molar-refractivity contribution in [3.63, 3.8) is 0 Å². The third-order valence-corrected chi connectivity index (χ3v) is 3.71. The van der Waals surface area contributed by atoms with Gasteiger partial charge in [-0.3, -0.25) is 10.2 Å². The van der Waals surface area contributed by atoms with Crippen molar-refractivity contribution in [3.8, 4) is 0 Å². The number of nitrogens with zero attached hydrogens (tertiary/aromatic N) is 2. The van der Waals surface area contributed by atoms with Crippen LogP contribution in [0.3, 0.4) is 0 Å². The predicted molar refractivity (Wildman–Crippen MR) is 81.4 cm³/mol. The molecule has 0 atom stereocenters. The number of rotatable bonds is 4. The maximum atomic E-state index is 12.0. The van der Waals surface area contributed by atoms with Gasteiger partial charge in [-0.15, -0.1) is 17.0 Å². The Balaban J connectivity index is 0.00000180. The number of nitrogens with one attached hydrogen (secondary N) is 1. The second-order valence-electron chi connectivity index (χ2n) is 3.74. The lowest BCUT2D eigenvalue weighted by Crippen LogP contribution is -2.21. The van der Waals surface area contributed by atoms with Gasteiger partial charge < -0.3 is 0 Å². The summed E-state index contributed by atoms with van der Waals surface area (Å²) >= 11 is 7.07. The fraction of sp³-hybridized carbons (Fsp3) is 0.250. The summed E-state index contributed by atoms with van der Waals surface area (Å²) in [6, 6.07) is 6.73. The molecule has 0 spiro atoms. The van der Waals surface area contributed by atoms with Crippen LogP contribution in [0.25, 0.3) is 0 Å². The van der Waals surface area contributed by atoms with Crippen molar-refractivity contribution in [1.82, 2.24) is 9.78 Å². The van der Waals surface area contributed by atoms with Crippen LogP contribution < -0.4 is 4.80 Å². The van der Waals surface area contributed by atoms with Crippen molar-refractivity contribution in [3.05, 3.63) is 44.7 Å². The molecule has 0 fully saturated rings. The molecule has 0 radical (unpaired) electrons. The van der Waals surface area contributed by atoms with Crippen LogP contribution in [0.4, 0.5) is 0 Å². The molecular weight excluding hydrogens is 350 g/mol. The number of Topliss-reactive ketones (excluding diaryl/α,β-unsaturated/α-hetero) is 1. The number of carbonyl (C=O) groups is 1. The molecule has 1 aromatic heterocycles. The van der Waals surface area contributed by atoms with Gasteiger partial charge in [-0.05, 0) is 30.7 Å². The SMILES string of the molecule is Br.CCc1nn(CC(=O)c2ccc(Cl)cc2)c(=N)s1. The molecule has 0 aliphatic rings. The molecule has 19 heavy (non-hydrogen) atoms. The van der Waals surface area contributed by atoms with E-state index in [1.54, 1.807) is 24.3 Å². The number of aryl methyl sites for hydroxylation is 1. The Hall–Kier alpha value is -0.980. The Labute approximate surface area is 130 Å². The largest absolute Gasteiger partial charge is 0.292 e. The third kappa shape index (κ3) is 3.99. The van der Waals surface area contributed by atoms with E-state index in [-0.39, 0.29) is 29.3 Å². The third-order valence-electron chi connectivity index (χ3n) is 2.44. The van der Waals surface area contributed by atoms with E-state index in [1.807, 2.05) is 6.92 Å². The first-order valence-electron chi connectivity index (χ1n) is 5.50. The normalized spacial score (nSPS) is 10.0. The van der Waals surface area contributed by atoms with E-state index in [2.05, 4.69) is 5.10 Å². The second-order valence-corrected chi connectivity index (χ2v) is 5.24. The first kappa shape index (κ1) is 16.1. The van der Waals surface area contributed by atoms with Gasteiger partial charge in [-0.2, -0.15) is 5.10 Å². The van der Waals surface area contributed by atoms with E-state index >= 15 is 0 Å². The Morgan fingerprint density at radius 1 is 1.42 bits per heavy atom. The molecule has 1 heterocycles. The van der Waals surface area contributed by atoms with Crippen molar-refractivity contribution in [2.24, 2.45) is 0 Å². The highest BCUT2D eigenvalue weighted by Crippen LogP contribution is 2.10. The number of aromatic nitrogens is 2. The van der Waals surface area contributed by atoms with Crippen LogP contribution in [-0.2, 0) is 13.0 Å². The van der Waals surface area contributed by atoms with Crippen molar-refractivity contribution in [1.29, 1.82) is 5.41 Å². The monoisotopic (exact) mass is 361 g/mol. The highest BCUT2D eigenvalue weighted by molar-refractivity contribution is 8.93. The molecule has 2 rings (SSSR count). The van der Waals surface area contributed by atoms with E-state index in [0.29, 0.717) is 15.4 Å². The van der Waals surface area contributed by atoms with E-state index < -0.39 is 0 Å². The van der Waals surface area contributed by atoms with E-state index in [4.69, 9.17) is 17.0 Å². The van der Waals surface area contributed by atoms with Gasteiger partial charge in [-0.25, -0.2) is 4.68 Å². The lowest BCUT2D eigenvalue weighted by molar-refractivity contribution is 0.0966. The lowest BCUT2D eigenvalue weighted by Gasteiger charge is -2.01. The smallest absolute Gasteiger partial charge is 0.200 e. The molecule has 1 aromatic carbocycles. The van der Waals surface area contributed by atoms with E-state index in [0.717, 1.165) is 11.4 Å². The van der Waals surface area contributed by atoms with Gasteiger partial charge in [0.25, 0.3) is 0 Å². The molecule has 0 saturated carbocycles. The minimum Gasteiger partial charge on any atom is -0.292 e. The first-order chi connectivity index (χ1) is 8.60. The highest BCUT2D eigenvalue weighted by atomic mass is 79.9. The molecule has 1 N–H and O–H groups in total. The maximum absolute atomic E-state index is 12.0. The summed E-state index contributed by atoms with van der Waals surface area (Å²) in [5.74, 6) is -0.0712. The van der Waals surface area contributed by atoms with Gasteiger partial charge in [0.15, 0.2) is 5.78 Å². The van der Waals surface area contributed by atoms with Crippen LogP contribution in [0.1, 0.15) is 22.3 Å². The average molecular weight is 363 g/mol. The molecule has 0 aliphatic carbocycles. The summed E-state index contributed by atoms with van der Waals surface area (Å²) in [5, 5.41) is 13.4. The highest BCUT2D eigenvalue weighted by Gasteiger charge is 2.09. The van der Waals surface area contributed by atoms with E-state index in [9.17, 15) is 4.79 Å². The van der Waals surface area contributed by atoms with Crippen LogP contribution in [0.5, 0.6) is 0 Å². The van der Waals surface area contributed by atoms with Gasteiger partial charge >= 0.3 is 0 Å². The number of benzene rings is 1. The molecule has 0 saturated heterocycles. The summed E-state index contributed by atoms with van der Waals surface area (Å²) in [5.41, 5.74) is 0.581. The Morgan fingerprint density at radius 2 is 2.05 bits per heavy atom. The average Bonchev–Trinajstić information content (AvgIpc) is 2.71. The molecule has 7 heteroatoms. The number of carbonyl (C=O) groups excluding carboxylic acids is 1. The number of hydrogen-bond donors (Lipinski definition) is 1. The summed E-state index contributed by atoms with van der Waals surface area (Å²) in [6.45, 7) is 2.07. The van der Waals surface area contributed by atoms with Crippen LogP contribution in [0, 0.1) is 5.41 Å². The fourth-order valence-corrected chi connectivity index (χ4v) is 2.32. The van der Waals surface area contributed by atoms with Gasteiger partial charge in [0.2, 0.25) is 4.80 Å². The van der Waals surface area contributed by atoms with Crippen LogP contribution in [0.15, 0.2) is 24.3 Å². The minimum absolute atomic E-state index is 0. The first-order valence-corrected chi connectivity index (χ1v) is 6.69. The van der Waals surface area contributed by atoms with Crippen molar-refractivity contribution in [2.45, 2.75) is 19.9 Å². The standard InChI is InChI=1S/C12H12ClN3OS.BrH/c1-2-11-15-16(12(14)18-11)7-10(17)8-3-5-9(13)6-4-8;/h3-6,14H,2,7H2,1H3;1H. The van der Waals surface area contributed by atoms with Crippen molar-refractivity contribution >= 4 is 45.7 Å². The van der Waals surface area contributed by atoms with E-state index in [1.165, 1.54) is 16.0 Å². The number of halogens is 2. The van der Waals surface area contributed by atoms with Gasteiger partial charge in [-0.1, -0.05) is 29.9 Å². The summed E-state index contributed by atoms with van der Waals surface area (Å²) < 4.78 is 1.43. The maximum Gasteiger partial charge on any atom is 0.200 e. The van der Waals surface area contributed by atoms with Gasteiger partial charge in [0.05, 0.1) is 0 Å². The zero-order valence-corrected chi connectivity index (χ0v) is 13.5. The predicted octanol–water partition coefficient (Wildman–Crippen LogP) is 3.10. The topological polar surface area (TPSA) is 58.7 Å². The van der Waals surface area contributed by atoms with Gasteiger partial charge in [0, 0.05) is 10.6 Å². The zero-order chi connectivity index (χ0) is 13.1. The molecule has 0 unspecified atom stereocenters. The quantitative estimate of drug-likeness (QED) is 0.850. The molecule has 0 aliphatic heterocycles. The molecule has 4 nitrogen and oxygen atoms in total. The Morgan fingerprint density at radius 3 is 2.58 bits per heavy atom. The van der Waals surface area contributed by atoms with Crippen LogP contribution >= 0.6 is 39.9 Å². The number of hydrogen-bond acceptors (Lipinski definition) is 4. The van der Waals surface area contributed by atoms with Crippen molar-refractivity contribution < 1.29 is 4.79 Å². The molecule has 102 valence electrons. The molecule has 0 bridgehead atoms. The fourth-order valence-electron chi connectivity index (χ4n) is 1.48. The lowest BCUT2D eigenvalue weighted by atomic mass is 10.1. The Kier molecular flexibility index (Phi) is 5.90. The second kappa shape index (κ2) is 6.98. The molecular formula is C12H13BrClN3OS. The minimum atomic E-state index is -0.0712. The molecule has 2 aromatic rings. The summed E-state index contributed by atoms with van der Waals surface area (Å²) in [4.78, 5) is 12.3. The molecule has 0 amide bonds. The zero-order valence-electron chi connectivity index (χ0n) is 10.2. The van der Waals surface area contributed by atoms with Gasteiger partial charge in [0.1, 0.15) is 11.6 Å². The van der Waals surface area contributed by atoms with Crippen LogP contribution in [0.2, 0.25) is 5.02 Å². The van der Waals surface area contributed by atoms with Crippen molar-refractivity contribution in [2.75, 3.05) is 0 Å². The summed E-state index contributed by atoms with van der Waals surface area (Å²) in [7, 11) is 0. The Bertz CT molecular complexity index is 621. The summed E-state index contributed by atoms with van der Waals surface area (Å²) in [6.07, 6.45) is 0.776. The van der Waals surface area contributed by atoms with Crippen LogP contribution in [-0.4, -0.2) is 15.6 Å². The number of ketones is 1.